The van der Waals surface area contributed by atoms with Gasteiger partial charge in [-0.25, -0.2) is 0 Å². The molecule has 2 aromatic rings. The highest BCUT2D eigenvalue weighted by Gasteiger charge is 2.30. The third kappa shape index (κ3) is 2.32. The molecule has 1 fully saturated rings. The lowest BCUT2D eigenvalue weighted by atomic mass is 10.1. The molecule has 0 spiro atoms. The molecular weight excluding hydrogens is 258 g/mol. The molecule has 3 heterocycles. The molecule has 1 aliphatic heterocycles. The normalized spacial score (nSPS) is 19.2. The molecule has 0 bridgehead atoms. The van der Waals surface area contributed by atoms with Crippen molar-refractivity contribution in [3.63, 3.8) is 0 Å². The van der Waals surface area contributed by atoms with Crippen LogP contribution in [0.15, 0.2) is 24.7 Å². The molecule has 1 aliphatic rings. The average molecular weight is 275 g/mol. The van der Waals surface area contributed by atoms with Gasteiger partial charge in [-0.15, -0.1) is 0 Å². The number of rotatable bonds is 3. The first-order valence-corrected chi connectivity index (χ1v) is 6.70. The first-order chi connectivity index (χ1) is 9.79. The summed E-state index contributed by atoms with van der Waals surface area (Å²) < 4.78 is 7.23. The Morgan fingerprint density at radius 2 is 2.50 bits per heavy atom. The van der Waals surface area contributed by atoms with E-state index in [-0.39, 0.29) is 11.9 Å². The molecule has 20 heavy (non-hydrogen) atoms. The van der Waals surface area contributed by atoms with Crippen LogP contribution in [0.4, 0.5) is 0 Å². The van der Waals surface area contributed by atoms with E-state index in [1.54, 1.807) is 23.3 Å². The molecule has 0 aliphatic carbocycles. The van der Waals surface area contributed by atoms with E-state index in [0.29, 0.717) is 25.3 Å². The molecule has 7 nitrogen and oxygen atoms in total. The van der Waals surface area contributed by atoms with Crippen LogP contribution in [0.3, 0.4) is 0 Å². The van der Waals surface area contributed by atoms with E-state index in [4.69, 9.17) is 4.74 Å². The standard InChI is InChI=1S/C13H17N5O2/c1-2-17-8-10(7-15-17)13(19)18-5-6-20-9-12(18)11-3-4-14-16-11/h3-4,7-8,12H,2,5-6,9H2,1H3,(H,14,16)/t12-/m0/s1. The summed E-state index contributed by atoms with van der Waals surface area (Å²) >= 11 is 0. The maximum Gasteiger partial charge on any atom is 0.257 e. The zero-order valence-corrected chi connectivity index (χ0v) is 11.3. The average Bonchev–Trinajstić information content (AvgIpc) is 3.17. The zero-order chi connectivity index (χ0) is 13.9. The third-order valence-corrected chi connectivity index (χ3v) is 3.47. The molecule has 1 amide bonds. The molecule has 2 aromatic heterocycles. The van der Waals surface area contributed by atoms with Crippen LogP contribution in [0.1, 0.15) is 29.0 Å². The molecule has 7 heteroatoms. The smallest absolute Gasteiger partial charge is 0.257 e. The van der Waals surface area contributed by atoms with E-state index in [0.717, 1.165) is 12.2 Å². The highest BCUT2D eigenvalue weighted by Crippen LogP contribution is 2.24. The lowest BCUT2D eigenvalue weighted by molar-refractivity contribution is -0.00391. The Hall–Kier alpha value is -2.15. The summed E-state index contributed by atoms with van der Waals surface area (Å²) in [5.74, 6) is -0.0207. The molecule has 1 atom stereocenters. The Morgan fingerprint density at radius 3 is 3.20 bits per heavy atom. The fraction of sp³-hybridized carbons (Fsp3) is 0.462. The van der Waals surface area contributed by atoms with Crippen LogP contribution in [0, 0.1) is 0 Å². The summed E-state index contributed by atoms with van der Waals surface area (Å²) in [4.78, 5) is 14.4. The molecule has 0 radical (unpaired) electrons. The zero-order valence-electron chi connectivity index (χ0n) is 11.3. The van der Waals surface area contributed by atoms with Crippen LogP contribution in [-0.2, 0) is 11.3 Å². The summed E-state index contributed by atoms with van der Waals surface area (Å²) in [6, 6.07) is 1.75. The molecule has 1 saturated heterocycles. The third-order valence-electron chi connectivity index (χ3n) is 3.47. The van der Waals surface area contributed by atoms with Gasteiger partial charge in [0.2, 0.25) is 0 Å². The van der Waals surface area contributed by atoms with Crippen molar-refractivity contribution in [1.29, 1.82) is 0 Å². The first kappa shape index (κ1) is 12.9. The SMILES string of the molecule is CCn1cc(C(=O)N2CCOC[C@H]2c2ccn[nH]2)cn1. The van der Waals surface area contributed by atoms with E-state index < -0.39 is 0 Å². The summed E-state index contributed by atoms with van der Waals surface area (Å²) in [5.41, 5.74) is 1.50. The Labute approximate surface area is 116 Å². The van der Waals surface area contributed by atoms with E-state index in [9.17, 15) is 4.79 Å². The Morgan fingerprint density at radius 1 is 1.60 bits per heavy atom. The lowest BCUT2D eigenvalue weighted by Crippen LogP contribution is -2.43. The number of amides is 1. The van der Waals surface area contributed by atoms with Crippen molar-refractivity contribution in [2.75, 3.05) is 19.8 Å². The minimum atomic E-state index is -0.122. The Balaban J connectivity index is 1.84. The highest BCUT2D eigenvalue weighted by atomic mass is 16.5. The number of carbonyl (C=O) groups is 1. The van der Waals surface area contributed by atoms with Crippen LogP contribution in [-0.4, -0.2) is 50.5 Å². The molecule has 3 rings (SSSR count). The van der Waals surface area contributed by atoms with E-state index in [1.807, 2.05) is 17.9 Å². The van der Waals surface area contributed by atoms with E-state index >= 15 is 0 Å². The second kappa shape index (κ2) is 5.46. The number of aromatic amines is 1. The molecule has 0 saturated carbocycles. The minimum absolute atomic E-state index is 0.0207. The predicted octanol–water partition coefficient (Wildman–Crippen LogP) is 0.840. The molecule has 106 valence electrons. The van der Waals surface area contributed by atoms with Gasteiger partial charge in [0, 0.05) is 25.5 Å². The van der Waals surface area contributed by atoms with Crippen LogP contribution in [0.5, 0.6) is 0 Å². The largest absolute Gasteiger partial charge is 0.377 e. The van der Waals surface area contributed by atoms with E-state index in [1.165, 1.54) is 0 Å². The number of hydrogen-bond acceptors (Lipinski definition) is 4. The number of morpholine rings is 1. The first-order valence-electron chi connectivity index (χ1n) is 6.70. The quantitative estimate of drug-likeness (QED) is 0.900. The highest BCUT2D eigenvalue weighted by molar-refractivity contribution is 5.94. The summed E-state index contributed by atoms with van der Waals surface area (Å²) in [5, 5.41) is 11.0. The van der Waals surface area contributed by atoms with Gasteiger partial charge in [-0.1, -0.05) is 0 Å². The maximum atomic E-state index is 12.6. The number of ether oxygens (including phenoxy) is 1. The van der Waals surface area contributed by atoms with Crippen LogP contribution in [0.2, 0.25) is 0 Å². The summed E-state index contributed by atoms with van der Waals surface area (Å²) in [7, 11) is 0. The molecule has 0 unspecified atom stereocenters. The van der Waals surface area contributed by atoms with Crippen molar-refractivity contribution < 1.29 is 9.53 Å². The number of hydrogen-bond donors (Lipinski definition) is 1. The summed E-state index contributed by atoms with van der Waals surface area (Å²) in [6.07, 6.45) is 5.08. The minimum Gasteiger partial charge on any atom is -0.377 e. The van der Waals surface area contributed by atoms with Gasteiger partial charge in [-0.2, -0.15) is 10.2 Å². The Bertz CT molecular complexity index is 577. The van der Waals surface area contributed by atoms with Crippen LogP contribution < -0.4 is 0 Å². The van der Waals surface area contributed by atoms with Crippen molar-refractivity contribution in [3.8, 4) is 0 Å². The van der Waals surface area contributed by atoms with Gasteiger partial charge in [0.15, 0.2) is 0 Å². The fourth-order valence-electron chi connectivity index (χ4n) is 2.37. The second-order valence-corrected chi connectivity index (χ2v) is 4.69. The van der Waals surface area contributed by atoms with Crippen molar-refractivity contribution in [3.05, 3.63) is 35.9 Å². The van der Waals surface area contributed by atoms with Crippen molar-refractivity contribution in [2.24, 2.45) is 0 Å². The van der Waals surface area contributed by atoms with Crippen molar-refractivity contribution in [2.45, 2.75) is 19.5 Å². The maximum absolute atomic E-state index is 12.6. The van der Waals surface area contributed by atoms with Crippen LogP contribution >= 0.6 is 0 Å². The second-order valence-electron chi connectivity index (χ2n) is 4.69. The number of nitrogens with one attached hydrogen (secondary N) is 1. The lowest BCUT2D eigenvalue weighted by Gasteiger charge is -2.34. The molecular formula is C13H17N5O2. The van der Waals surface area contributed by atoms with Gasteiger partial charge in [0.05, 0.1) is 36.7 Å². The van der Waals surface area contributed by atoms with Crippen molar-refractivity contribution in [1.82, 2.24) is 24.9 Å². The van der Waals surface area contributed by atoms with E-state index in [2.05, 4.69) is 15.3 Å². The predicted molar refractivity (Wildman–Crippen MR) is 71.1 cm³/mol. The van der Waals surface area contributed by atoms with Gasteiger partial charge in [-0.05, 0) is 13.0 Å². The fourth-order valence-corrected chi connectivity index (χ4v) is 2.37. The Kier molecular flexibility index (Phi) is 3.51. The van der Waals surface area contributed by atoms with Gasteiger partial charge < -0.3 is 9.64 Å². The summed E-state index contributed by atoms with van der Waals surface area (Å²) in [6.45, 7) is 4.34. The number of aryl methyl sites for hydroxylation is 1. The number of carbonyl (C=O) groups excluding carboxylic acids is 1. The number of aromatic nitrogens is 4. The monoisotopic (exact) mass is 275 g/mol. The number of nitrogens with zero attached hydrogens (tertiary/aromatic N) is 4. The van der Waals surface area contributed by atoms with Gasteiger partial charge in [0.1, 0.15) is 0 Å². The molecule has 0 aromatic carbocycles. The number of H-pyrrole nitrogens is 1. The topological polar surface area (TPSA) is 76.0 Å². The van der Waals surface area contributed by atoms with Gasteiger partial charge in [0.25, 0.3) is 5.91 Å². The van der Waals surface area contributed by atoms with Crippen molar-refractivity contribution >= 4 is 5.91 Å². The van der Waals surface area contributed by atoms with Gasteiger partial charge in [-0.3, -0.25) is 14.6 Å². The van der Waals surface area contributed by atoms with Crippen LogP contribution in [0.25, 0.3) is 0 Å². The van der Waals surface area contributed by atoms with Gasteiger partial charge >= 0.3 is 0 Å². The molecule has 1 N–H and O–H groups in total.